The number of nitrogens with zero attached hydrogens (tertiary/aromatic N) is 2. The van der Waals surface area contributed by atoms with E-state index in [0.717, 1.165) is 31.5 Å². The number of hydrogen-bond acceptors (Lipinski definition) is 4. The van der Waals surface area contributed by atoms with Gasteiger partial charge in [-0.15, -0.1) is 0 Å². The Labute approximate surface area is 166 Å². The fraction of sp³-hybridized carbons (Fsp3) is 0.476. The molecule has 3 rings (SSSR count). The second kappa shape index (κ2) is 8.21. The van der Waals surface area contributed by atoms with E-state index in [4.69, 9.17) is 12.2 Å². The summed E-state index contributed by atoms with van der Waals surface area (Å²) in [5.41, 5.74) is 3.57. The normalized spacial score (nSPS) is 19.5. The fourth-order valence-corrected chi connectivity index (χ4v) is 3.94. The zero-order valence-corrected chi connectivity index (χ0v) is 17.1. The molecule has 0 spiro atoms. The second-order valence-electron chi connectivity index (χ2n) is 7.23. The average molecular weight is 386 g/mol. The number of amides is 2. The van der Waals surface area contributed by atoms with E-state index in [0.29, 0.717) is 0 Å². The van der Waals surface area contributed by atoms with Gasteiger partial charge in [-0.1, -0.05) is 26.3 Å². The zero-order valence-electron chi connectivity index (χ0n) is 16.2. The number of carbonyl (C=O) groups is 2. The number of nitrogens with one attached hydrogen (secondary N) is 1. The van der Waals surface area contributed by atoms with Crippen LogP contribution in [-0.4, -0.2) is 41.0 Å². The highest BCUT2D eigenvalue weighted by atomic mass is 32.1. The highest BCUT2D eigenvalue weighted by Crippen LogP contribution is 2.30. The first kappa shape index (κ1) is 19.5. The van der Waals surface area contributed by atoms with Gasteiger partial charge in [-0.3, -0.25) is 19.8 Å². The van der Waals surface area contributed by atoms with Crippen LogP contribution in [0.25, 0.3) is 6.08 Å². The third-order valence-corrected chi connectivity index (χ3v) is 5.65. The molecule has 144 valence electrons. The number of anilines is 1. The average Bonchev–Trinajstić information content (AvgIpc) is 3.05. The minimum absolute atomic E-state index is 0.0545. The molecule has 2 heterocycles. The number of fused-ring (bicyclic) bond motifs is 1. The van der Waals surface area contributed by atoms with Crippen LogP contribution in [0.2, 0.25) is 0 Å². The van der Waals surface area contributed by atoms with Crippen molar-refractivity contribution in [3.8, 4) is 0 Å². The molecular formula is C21H27N3O2S. The fourth-order valence-electron chi connectivity index (χ4n) is 3.58. The molecule has 0 aromatic heterocycles. The van der Waals surface area contributed by atoms with Crippen LogP contribution in [0.1, 0.15) is 51.2 Å². The first-order valence-corrected chi connectivity index (χ1v) is 10.2. The molecule has 0 radical (unpaired) electrons. The Morgan fingerprint density at radius 2 is 2.07 bits per heavy atom. The van der Waals surface area contributed by atoms with Crippen molar-refractivity contribution >= 4 is 40.9 Å². The van der Waals surface area contributed by atoms with Gasteiger partial charge in [0.2, 0.25) is 0 Å². The standard InChI is InChI=1S/C21H27N3O2S/c1-4-6-10-23-11-9-16-12-15(7-8-18(16)23)13-17-19(25)22-21(27)24(20(17)26)14(3)5-2/h7-8,12-14H,4-6,9-11H2,1-3H3,(H,22,25,27)/b17-13+. The quantitative estimate of drug-likeness (QED) is 0.464. The van der Waals surface area contributed by atoms with Gasteiger partial charge in [0.1, 0.15) is 5.57 Å². The molecule has 2 aliphatic rings. The lowest BCUT2D eigenvalue weighted by Crippen LogP contribution is -2.56. The van der Waals surface area contributed by atoms with Crippen LogP contribution in [0, 0.1) is 0 Å². The highest BCUT2D eigenvalue weighted by Gasteiger charge is 2.35. The molecule has 5 nitrogen and oxygen atoms in total. The number of rotatable bonds is 6. The summed E-state index contributed by atoms with van der Waals surface area (Å²) in [5, 5.41) is 2.84. The van der Waals surface area contributed by atoms with Crippen molar-refractivity contribution in [1.29, 1.82) is 0 Å². The molecule has 1 atom stereocenters. The summed E-state index contributed by atoms with van der Waals surface area (Å²) in [4.78, 5) is 29.1. The van der Waals surface area contributed by atoms with Crippen LogP contribution in [0.15, 0.2) is 23.8 Å². The molecule has 1 aromatic rings. The van der Waals surface area contributed by atoms with Crippen LogP contribution in [0.5, 0.6) is 0 Å². The monoisotopic (exact) mass is 385 g/mol. The van der Waals surface area contributed by atoms with Crippen molar-refractivity contribution in [2.45, 2.75) is 52.5 Å². The zero-order chi connectivity index (χ0) is 19.6. The topological polar surface area (TPSA) is 52.7 Å². The largest absolute Gasteiger partial charge is 0.371 e. The van der Waals surface area contributed by atoms with Gasteiger partial charge in [-0.05, 0) is 67.7 Å². The molecule has 0 bridgehead atoms. The number of hydrogen-bond donors (Lipinski definition) is 1. The summed E-state index contributed by atoms with van der Waals surface area (Å²) in [6, 6.07) is 6.13. The van der Waals surface area contributed by atoms with Crippen molar-refractivity contribution in [1.82, 2.24) is 10.2 Å². The lowest BCUT2D eigenvalue weighted by molar-refractivity contribution is -0.130. The molecular weight excluding hydrogens is 358 g/mol. The third-order valence-electron chi connectivity index (χ3n) is 5.35. The molecule has 2 aliphatic heterocycles. The SMILES string of the molecule is CCCCN1CCc2cc(/C=C3\C(=O)NC(=S)N(C(C)CC)C3=O)ccc21. The van der Waals surface area contributed by atoms with Crippen LogP contribution in [-0.2, 0) is 16.0 Å². The van der Waals surface area contributed by atoms with E-state index in [9.17, 15) is 9.59 Å². The maximum atomic E-state index is 12.9. The van der Waals surface area contributed by atoms with Crippen molar-refractivity contribution in [3.05, 3.63) is 34.9 Å². The van der Waals surface area contributed by atoms with E-state index in [1.165, 1.54) is 29.0 Å². The Hall–Kier alpha value is -2.21. The van der Waals surface area contributed by atoms with E-state index in [-0.39, 0.29) is 22.6 Å². The minimum atomic E-state index is -0.422. The molecule has 0 saturated carbocycles. The number of carbonyl (C=O) groups excluding carboxylic acids is 2. The molecule has 1 fully saturated rings. The van der Waals surface area contributed by atoms with Crippen molar-refractivity contribution in [3.63, 3.8) is 0 Å². The molecule has 1 aromatic carbocycles. The van der Waals surface area contributed by atoms with E-state index in [1.807, 2.05) is 19.9 Å². The van der Waals surface area contributed by atoms with E-state index in [1.54, 1.807) is 6.08 Å². The van der Waals surface area contributed by atoms with E-state index in [2.05, 4.69) is 29.3 Å². The first-order chi connectivity index (χ1) is 13.0. The number of thiocarbonyl (C=S) groups is 1. The summed E-state index contributed by atoms with van der Waals surface area (Å²) in [7, 11) is 0. The van der Waals surface area contributed by atoms with Crippen molar-refractivity contribution < 1.29 is 9.59 Å². The Morgan fingerprint density at radius 3 is 2.78 bits per heavy atom. The highest BCUT2D eigenvalue weighted by molar-refractivity contribution is 7.80. The van der Waals surface area contributed by atoms with Crippen LogP contribution in [0.4, 0.5) is 5.69 Å². The summed E-state index contributed by atoms with van der Waals surface area (Å²) in [6.45, 7) is 8.23. The lowest BCUT2D eigenvalue weighted by Gasteiger charge is -2.33. The van der Waals surface area contributed by atoms with Crippen LogP contribution < -0.4 is 10.2 Å². The van der Waals surface area contributed by atoms with Gasteiger partial charge in [0.05, 0.1) is 0 Å². The minimum Gasteiger partial charge on any atom is -0.371 e. The number of benzene rings is 1. The Bertz CT molecular complexity index is 803. The summed E-state index contributed by atoms with van der Waals surface area (Å²) in [5.74, 6) is -0.738. The van der Waals surface area contributed by atoms with Crippen molar-refractivity contribution in [2.24, 2.45) is 0 Å². The van der Waals surface area contributed by atoms with Gasteiger partial charge in [-0.2, -0.15) is 0 Å². The summed E-state index contributed by atoms with van der Waals surface area (Å²) >= 11 is 5.19. The van der Waals surface area contributed by atoms with Gasteiger partial charge in [0.25, 0.3) is 11.8 Å². The Kier molecular flexibility index (Phi) is 5.95. The smallest absolute Gasteiger partial charge is 0.265 e. The molecule has 1 N–H and O–H groups in total. The van der Waals surface area contributed by atoms with Gasteiger partial charge in [0.15, 0.2) is 5.11 Å². The molecule has 0 aliphatic carbocycles. The van der Waals surface area contributed by atoms with Gasteiger partial charge in [0, 0.05) is 24.8 Å². The van der Waals surface area contributed by atoms with E-state index < -0.39 is 5.91 Å². The van der Waals surface area contributed by atoms with Crippen LogP contribution >= 0.6 is 12.2 Å². The molecule has 6 heteroatoms. The maximum absolute atomic E-state index is 12.9. The lowest BCUT2D eigenvalue weighted by atomic mass is 10.0. The van der Waals surface area contributed by atoms with Crippen molar-refractivity contribution in [2.75, 3.05) is 18.0 Å². The number of unbranched alkanes of at least 4 members (excludes halogenated alkanes) is 1. The molecule has 1 unspecified atom stereocenters. The molecule has 2 amide bonds. The predicted octanol–water partition coefficient (Wildman–Crippen LogP) is 3.27. The Morgan fingerprint density at radius 1 is 1.30 bits per heavy atom. The molecule has 1 saturated heterocycles. The third kappa shape index (κ3) is 3.90. The summed E-state index contributed by atoms with van der Waals surface area (Å²) in [6.07, 6.45) is 5.82. The summed E-state index contributed by atoms with van der Waals surface area (Å²) < 4.78 is 0. The first-order valence-electron chi connectivity index (χ1n) is 9.74. The Balaban J connectivity index is 1.86. The van der Waals surface area contributed by atoms with Gasteiger partial charge < -0.3 is 4.90 Å². The van der Waals surface area contributed by atoms with Gasteiger partial charge in [-0.25, -0.2) is 0 Å². The second-order valence-corrected chi connectivity index (χ2v) is 7.62. The maximum Gasteiger partial charge on any atom is 0.265 e. The van der Waals surface area contributed by atoms with Crippen LogP contribution in [0.3, 0.4) is 0 Å². The van der Waals surface area contributed by atoms with E-state index >= 15 is 0 Å². The predicted molar refractivity (Wildman–Crippen MR) is 113 cm³/mol. The molecule has 27 heavy (non-hydrogen) atoms. The van der Waals surface area contributed by atoms with Gasteiger partial charge >= 0.3 is 0 Å².